The number of carbonyl (C=O) groups is 1. The molecule has 1 unspecified atom stereocenters. The van der Waals surface area contributed by atoms with Gasteiger partial charge in [-0.05, 0) is 18.4 Å². The summed E-state index contributed by atoms with van der Waals surface area (Å²) in [5.74, 6) is 0.303. The van der Waals surface area contributed by atoms with E-state index in [0.717, 1.165) is 16.1 Å². The maximum Gasteiger partial charge on any atom is 0.277 e. The number of nitrogens with one attached hydrogen (secondary N) is 1. The van der Waals surface area contributed by atoms with Crippen molar-refractivity contribution in [3.05, 3.63) is 53.2 Å². The third kappa shape index (κ3) is 4.26. The molecule has 3 aromatic heterocycles. The first-order valence-corrected chi connectivity index (χ1v) is 10.7. The fourth-order valence-corrected chi connectivity index (χ4v) is 4.29. The Labute approximate surface area is 167 Å². The predicted molar refractivity (Wildman–Crippen MR) is 109 cm³/mol. The van der Waals surface area contributed by atoms with Crippen LogP contribution in [-0.2, 0) is 4.79 Å². The van der Waals surface area contributed by atoms with Gasteiger partial charge in [-0.15, -0.1) is 32.9 Å². The molecular weight excluding hydrogens is 400 g/mol. The minimum absolute atomic E-state index is 0.162. The van der Waals surface area contributed by atoms with E-state index in [4.69, 9.17) is 4.42 Å². The third-order valence-corrected chi connectivity index (χ3v) is 6.14. The number of hydrogen-bond donors (Lipinski definition) is 1. The minimum Gasteiger partial charge on any atom is -0.410 e. The van der Waals surface area contributed by atoms with Crippen LogP contribution in [0.3, 0.4) is 0 Å². The quantitative estimate of drug-likeness (QED) is 0.445. The van der Waals surface area contributed by atoms with Crippen LogP contribution >= 0.6 is 34.4 Å². The van der Waals surface area contributed by atoms with Crippen molar-refractivity contribution < 1.29 is 9.21 Å². The molecular formula is C18H14N4O2S3. The average molecular weight is 415 g/mol. The van der Waals surface area contributed by atoms with Gasteiger partial charge in [0.25, 0.3) is 11.1 Å². The largest absolute Gasteiger partial charge is 0.410 e. The van der Waals surface area contributed by atoms with Gasteiger partial charge in [0.1, 0.15) is 0 Å². The summed E-state index contributed by atoms with van der Waals surface area (Å²) in [7, 11) is 0. The molecule has 1 atom stereocenters. The van der Waals surface area contributed by atoms with Crippen LogP contribution in [-0.4, -0.2) is 26.3 Å². The summed E-state index contributed by atoms with van der Waals surface area (Å²) in [6, 6.07) is 13.7. The lowest BCUT2D eigenvalue weighted by molar-refractivity contribution is -0.115. The highest BCUT2D eigenvalue weighted by Gasteiger charge is 2.20. The summed E-state index contributed by atoms with van der Waals surface area (Å²) >= 11 is 4.14. The van der Waals surface area contributed by atoms with Gasteiger partial charge in [0, 0.05) is 10.9 Å². The van der Waals surface area contributed by atoms with Crippen molar-refractivity contribution >= 4 is 45.5 Å². The molecule has 0 aliphatic heterocycles. The molecule has 0 spiro atoms. The fourth-order valence-electron chi connectivity index (χ4n) is 2.24. The van der Waals surface area contributed by atoms with E-state index in [1.807, 2.05) is 53.2 Å². The summed E-state index contributed by atoms with van der Waals surface area (Å²) in [5, 5.41) is 15.3. The Kier molecular flexibility index (Phi) is 5.33. The summed E-state index contributed by atoms with van der Waals surface area (Å²) in [4.78, 5) is 17.8. The summed E-state index contributed by atoms with van der Waals surface area (Å²) < 4.78 is 5.62. The molecule has 0 saturated heterocycles. The summed E-state index contributed by atoms with van der Waals surface area (Å²) in [6.45, 7) is 1.79. The number of thioether (sulfide) groups is 1. The van der Waals surface area contributed by atoms with Crippen molar-refractivity contribution in [3.8, 4) is 22.0 Å². The van der Waals surface area contributed by atoms with Crippen LogP contribution in [0.4, 0.5) is 5.13 Å². The molecule has 0 saturated carbocycles. The van der Waals surface area contributed by atoms with Crippen LogP contribution in [0.1, 0.15) is 6.92 Å². The maximum absolute atomic E-state index is 12.4. The average Bonchev–Trinajstić information content (AvgIpc) is 3.44. The van der Waals surface area contributed by atoms with Gasteiger partial charge in [-0.3, -0.25) is 4.79 Å². The number of aromatic nitrogens is 3. The molecule has 0 aliphatic rings. The molecule has 4 rings (SSSR count). The van der Waals surface area contributed by atoms with E-state index >= 15 is 0 Å². The number of thiazole rings is 1. The van der Waals surface area contributed by atoms with E-state index in [0.29, 0.717) is 16.2 Å². The zero-order valence-electron chi connectivity index (χ0n) is 14.2. The van der Waals surface area contributed by atoms with Gasteiger partial charge in [-0.1, -0.05) is 48.2 Å². The SMILES string of the molecule is CC(Sc1nnc(-c2cccs2)o1)C(=O)Nc1nc(-c2ccccc2)cs1. The highest BCUT2D eigenvalue weighted by atomic mass is 32.2. The topological polar surface area (TPSA) is 80.9 Å². The van der Waals surface area contributed by atoms with Gasteiger partial charge in [0.05, 0.1) is 15.8 Å². The number of nitrogens with zero attached hydrogens (tertiary/aromatic N) is 3. The normalized spacial score (nSPS) is 12.0. The predicted octanol–water partition coefficient (Wildman–Crippen LogP) is 5.04. The van der Waals surface area contributed by atoms with Crippen LogP contribution in [0, 0.1) is 0 Å². The van der Waals surface area contributed by atoms with Gasteiger partial charge in [-0.2, -0.15) is 0 Å². The summed E-state index contributed by atoms with van der Waals surface area (Å²) in [6.07, 6.45) is 0. The lowest BCUT2D eigenvalue weighted by atomic mass is 10.2. The van der Waals surface area contributed by atoms with Crippen LogP contribution in [0.25, 0.3) is 22.0 Å². The van der Waals surface area contributed by atoms with Crippen molar-refractivity contribution in [1.29, 1.82) is 0 Å². The molecule has 1 amide bonds. The number of thiophene rings is 1. The van der Waals surface area contributed by atoms with Gasteiger partial charge in [0.2, 0.25) is 5.91 Å². The first-order valence-electron chi connectivity index (χ1n) is 8.05. The lowest BCUT2D eigenvalue weighted by Gasteiger charge is -2.07. The molecule has 6 nitrogen and oxygen atoms in total. The van der Waals surface area contributed by atoms with E-state index < -0.39 is 5.25 Å². The van der Waals surface area contributed by atoms with Gasteiger partial charge >= 0.3 is 0 Å². The Morgan fingerprint density at radius 1 is 1.15 bits per heavy atom. The van der Waals surface area contributed by atoms with Crippen LogP contribution in [0.5, 0.6) is 0 Å². The number of amides is 1. The van der Waals surface area contributed by atoms with Crippen LogP contribution in [0.2, 0.25) is 0 Å². The molecule has 4 aromatic rings. The van der Waals surface area contributed by atoms with E-state index in [1.54, 1.807) is 6.92 Å². The maximum atomic E-state index is 12.4. The number of rotatable bonds is 6. The molecule has 0 fully saturated rings. The van der Waals surface area contributed by atoms with Crippen molar-refractivity contribution in [2.75, 3.05) is 5.32 Å². The van der Waals surface area contributed by atoms with Crippen molar-refractivity contribution in [1.82, 2.24) is 15.2 Å². The lowest BCUT2D eigenvalue weighted by Crippen LogP contribution is -2.22. The zero-order chi connectivity index (χ0) is 18.6. The third-order valence-electron chi connectivity index (χ3n) is 3.59. The number of hydrogen-bond acceptors (Lipinski definition) is 8. The molecule has 9 heteroatoms. The van der Waals surface area contributed by atoms with Crippen molar-refractivity contribution in [2.45, 2.75) is 17.4 Å². The van der Waals surface area contributed by atoms with E-state index in [-0.39, 0.29) is 5.91 Å². The number of benzene rings is 1. The smallest absolute Gasteiger partial charge is 0.277 e. The Bertz CT molecular complexity index is 1030. The Hall–Kier alpha value is -2.49. The molecule has 3 heterocycles. The second kappa shape index (κ2) is 8.03. The number of anilines is 1. The molecule has 0 aliphatic carbocycles. The first-order chi connectivity index (χ1) is 13.2. The zero-order valence-corrected chi connectivity index (χ0v) is 16.6. The number of carbonyl (C=O) groups excluding carboxylic acids is 1. The molecule has 136 valence electrons. The van der Waals surface area contributed by atoms with Gasteiger partial charge in [-0.25, -0.2) is 4.98 Å². The van der Waals surface area contributed by atoms with Crippen molar-refractivity contribution in [2.24, 2.45) is 0 Å². The molecule has 1 aromatic carbocycles. The van der Waals surface area contributed by atoms with Gasteiger partial charge in [0.15, 0.2) is 5.13 Å². The molecule has 1 N–H and O–H groups in total. The monoisotopic (exact) mass is 414 g/mol. The molecule has 0 radical (unpaired) electrons. The standard InChI is InChI=1S/C18H14N4O2S3/c1-11(27-18-22-21-16(24-18)14-8-5-9-25-14)15(23)20-17-19-13(10-26-17)12-6-3-2-4-7-12/h2-11H,1H3,(H,19,20,23). The first kappa shape index (κ1) is 17.9. The van der Waals surface area contributed by atoms with Crippen LogP contribution in [0.15, 0.2) is 62.9 Å². The highest BCUT2D eigenvalue weighted by molar-refractivity contribution is 8.00. The Morgan fingerprint density at radius 2 is 2.00 bits per heavy atom. The Morgan fingerprint density at radius 3 is 2.78 bits per heavy atom. The second-order valence-electron chi connectivity index (χ2n) is 5.50. The minimum atomic E-state index is -0.397. The van der Waals surface area contributed by atoms with E-state index in [1.165, 1.54) is 34.4 Å². The van der Waals surface area contributed by atoms with Crippen LogP contribution < -0.4 is 5.32 Å². The second-order valence-corrected chi connectivity index (χ2v) is 8.60. The molecule has 0 bridgehead atoms. The molecule has 27 heavy (non-hydrogen) atoms. The Balaban J connectivity index is 1.38. The fraction of sp³-hybridized carbons (Fsp3) is 0.111. The van der Waals surface area contributed by atoms with Crippen molar-refractivity contribution in [3.63, 3.8) is 0 Å². The van der Waals surface area contributed by atoms with E-state index in [2.05, 4.69) is 20.5 Å². The van der Waals surface area contributed by atoms with E-state index in [9.17, 15) is 4.79 Å². The van der Waals surface area contributed by atoms with Gasteiger partial charge < -0.3 is 9.73 Å². The summed E-state index contributed by atoms with van der Waals surface area (Å²) in [5.41, 5.74) is 1.86. The highest BCUT2D eigenvalue weighted by Crippen LogP contribution is 2.29.